The normalized spacial score (nSPS) is 11.3. The number of nitro groups is 1. The van der Waals surface area contributed by atoms with Crippen LogP contribution in [0.1, 0.15) is 5.56 Å². The minimum Gasteiger partial charge on any atom is -0.495 e. The fourth-order valence-electron chi connectivity index (χ4n) is 2.63. The van der Waals surface area contributed by atoms with E-state index in [-0.39, 0.29) is 16.3 Å². The van der Waals surface area contributed by atoms with Crippen molar-refractivity contribution in [1.82, 2.24) is 0 Å². The van der Waals surface area contributed by atoms with Gasteiger partial charge in [-0.1, -0.05) is 41.4 Å². The first-order valence-electron chi connectivity index (χ1n) is 8.89. The Kier molecular flexibility index (Phi) is 7.18. The van der Waals surface area contributed by atoms with Crippen LogP contribution in [0.5, 0.6) is 5.75 Å². The van der Waals surface area contributed by atoms with Gasteiger partial charge in [0.05, 0.1) is 38.9 Å². The maximum absolute atomic E-state index is 12.8. The molecule has 3 rings (SSSR count). The van der Waals surface area contributed by atoms with E-state index in [4.69, 9.17) is 27.9 Å². The Bertz CT molecular complexity index is 1300. The van der Waals surface area contributed by atoms with E-state index in [0.717, 1.165) is 6.07 Å². The Morgan fingerprint density at radius 3 is 2.47 bits per heavy atom. The minimum absolute atomic E-state index is 0.00236. The van der Waals surface area contributed by atoms with Crippen molar-refractivity contribution in [2.45, 2.75) is 4.90 Å². The van der Waals surface area contributed by atoms with Crippen LogP contribution < -0.4 is 14.9 Å². The van der Waals surface area contributed by atoms with Crippen molar-refractivity contribution in [1.29, 1.82) is 0 Å². The van der Waals surface area contributed by atoms with Gasteiger partial charge in [0.25, 0.3) is 15.7 Å². The highest BCUT2D eigenvalue weighted by Gasteiger charge is 2.22. The molecule has 0 radical (unpaired) electrons. The Balaban J connectivity index is 1.86. The third kappa shape index (κ3) is 5.47. The van der Waals surface area contributed by atoms with Crippen LogP contribution in [-0.2, 0) is 10.0 Å². The zero-order valence-electron chi connectivity index (χ0n) is 16.5. The molecule has 0 aliphatic heterocycles. The van der Waals surface area contributed by atoms with Crippen molar-refractivity contribution < 1.29 is 18.1 Å². The molecular weight excluding hydrogens is 479 g/mol. The molecule has 9 nitrogen and oxygen atoms in total. The molecule has 32 heavy (non-hydrogen) atoms. The molecule has 2 N–H and O–H groups in total. The molecule has 0 saturated carbocycles. The number of hydrogen-bond acceptors (Lipinski definition) is 7. The van der Waals surface area contributed by atoms with Gasteiger partial charge in [0.1, 0.15) is 11.4 Å². The smallest absolute Gasteiger partial charge is 0.295 e. The number of ether oxygens (including phenoxy) is 1. The molecule has 0 amide bonds. The van der Waals surface area contributed by atoms with Gasteiger partial charge in [-0.15, -0.1) is 0 Å². The van der Waals surface area contributed by atoms with Crippen molar-refractivity contribution in [3.05, 3.63) is 86.4 Å². The summed E-state index contributed by atoms with van der Waals surface area (Å²) in [6.45, 7) is 0. The SMILES string of the molecule is COc1ccccc1NS(=O)(=O)c1ccc(N/N=C\c2ccc(Cl)c(Cl)c2)c([N+](=O)[O-])c1. The summed E-state index contributed by atoms with van der Waals surface area (Å²) < 4.78 is 33.0. The van der Waals surface area contributed by atoms with E-state index in [0.29, 0.717) is 21.4 Å². The molecular formula is C20H16Cl2N4O5S. The monoisotopic (exact) mass is 494 g/mol. The molecule has 0 saturated heterocycles. The number of para-hydroxylation sites is 2. The number of sulfonamides is 1. The molecule has 3 aromatic rings. The largest absolute Gasteiger partial charge is 0.495 e. The van der Waals surface area contributed by atoms with Crippen LogP contribution in [0.4, 0.5) is 17.1 Å². The molecule has 0 aliphatic carbocycles. The predicted octanol–water partition coefficient (Wildman–Crippen LogP) is 5.16. The van der Waals surface area contributed by atoms with E-state index in [1.165, 1.54) is 31.5 Å². The fourth-order valence-corrected chi connectivity index (χ4v) is 4.02. The van der Waals surface area contributed by atoms with Crippen molar-refractivity contribution in [2.75, 3.05) is 17.3 Å². The summed E-state index contributed by atoms with van der Waals surface area (Å²) in [5.41, 5.74) is 2.88. The van der Waals surface area contributed by atoms with Crippen LogP contribution >= 0.6 is 23.2 Å². The lowest BCUT2D eigenvalue weighted by Gasteiger charge is -2.12. The van der Waals surface area contributed by atoms with Gasteiger partial charge in [-0.25, -0.2) is 8.42 Å². The lowest BCUT2D eigenvalue weighted by molar-refractivity contribution is -0.384. The van der Waals surface area contributed by atoms with Crippen molar-refractivity contribution >= 4 is 56.5 Å². The Labute approximate surface area is 193 Å². The molecule has 0 unspecified atom stereocenters. The molecule has 12 heteroatoms. The number of halogens is 2. The van der Waals surface area contributed by atoms with Crippen LogP contribution in [0.15, 0.2) is 70.7 Å². The lowest BCUT2D eigenvalue weighted by atomic mass is 10.2. The van der Waals surface area contributed by atoms with E-state index >= 15 is 0 Å². The number of nitrogens with zero attached hydrogens (tertiary/aromatic N) is 2. The second-order valence-electron chi connectivity index (χ2n) is 6.29. The number of methoxy groups -OCH3 is 1. The number of hydrogen-bond donors (Lipinski definition) is 2. The Hall–Kier alpha value is -3.34. The molecule has 0 heterocycles. The zero-order chi connectivity index (χ0) is 23.3. The Morgan fingerprint density at radius 1 is 1.03 bits per heavy atom. The lowest BCUT2D eigenvalue weighted by Crippen LogP contribution is -2.14. The number of nitrogens with one attached hydrogen (secondary N) is 2. The number of benzene rings is 3. The van der Waals surface area contributed by atoms with Gasteiger partial charge in [0, 0.05) is 6.07 Å². The molecule has 0 fully saturated rings. The van der Waals surface area contributed by atoms with Crippen molar-refractivity contribution in [3.63, 3.8) is 0 Å². The Morgan fingerprint density at radius 2 is 1.78 bits per heavy atom. The van der Waals surface area contributed by atoms with E-state index < -0.39 is 20.6 Å². The predicted molar refractivity (Wildman–Crippen MR) is 125 cm³/mol. The second-order valence-corrected chi connectivity index (χ2v) is 8.78. The van der Waals surface area contributed by atoms with E-state index in [9.17, 15) is 18.5 Å². The molecule has 166 valence electrons. The summed E-state index contributed by atoms with van der Waals surface area (Å²) in [6.07, 6.45) is 1.39. The summed E-state index contributed by atoms with van der Waals surface area (Å²) >= 11 is 11.8. The highest BCUT2D eigenvalue weighted by Crippen LogP contribution is 2.30. The van der Waals surface area contributed by atoms with Gasteiger partial charge in [0.15, 0.2) is 0 Å². The molecule has 0 aliphatic rings. The summed E-state index contributed by atoms with van der Waals surface area (Å²) in [5.74, 6) is 0.306. The standard InChI is InChI=1S/C20H16Cl2N4O5S/c1-31-20-5-3-2-4-18(20)25-32(29,30)14-7-9-17(19(11-14)26(27)28)24-23-12-13-6-8-15(21)16(22)10-13/h2-12,24-25H,1H3/b23-12-. The maximum Gasteiger partial charge on any atom is 0.295 e. The van der Waals surface area contributed by atoms with Gasteiger partial charge in [0.2, 0.25) is 0 Å². The van der Waals surface area contributed by atoms with Gasteiger partial charge < -0.3 is 4.74 Å². The molecule has 0 aromatic heterocycles. The average Bonchev–Trinajstić information content (AvgIpc) is 2.76. The number of hydrazone groups is 1. The van der Waals surface area contributed by atoms with Crippen LogP contribution in [0.2, 0.25) is 10.0 Å². The van der Waals surface area contributed by atoms with E-state index in [1.807, 2.05) is 0 Å². The molecule has 0 bridgehead atoms. The summed E-state index contributed by atoms with van der Waals surface area (Å²) in [7, 11) is -2.72. The highest BCUT2D eigenvalue weighted by atomic mass is 35.5. The second kappa shape index (κ2) is 9.86. The first kappa shape index (κ1) is 23.3. The van der Waals surface area contributed by atoms with Crippen LogP contribution in [0.3, 0.4) is 0 Å². The topological polar surface area (TPSA) is 123 Å². The highest BCUT2D eigenvalue weighted by molar-refractivity contribution is 7.92. The third-order valence-corrected chi connectivity index (χ3v) is 6.27. The summed E-state index contributed by atoms with van der Waals surface area (Å²) in [4.78, 5) is 10.5. The molecule has 0 spiro atoms. The molecule has 3 aromatic carbocycles. The van der Waals surface area contributed by atoms with Crippen LogP contribution in [-0.4, -0.2) is 26.7 Å². The van der Waals surface area contributed by atoms with Gasteiger partial charge in [-0.2, -0.15) is 5.10 Å². The van der Waals surface area contributed by atoms with Crippen LogP contribution in [0.25, 0.3) is 0 Å². The van der Waals surface area contributed by atoms with Crippen LogP contribution in [0, 0.1) is 10.1 Å². The number of rotatable bonds is 8. The number of anilines is 2. The maximum atomic E-state index is 12.8. The minimum atomic E-state index is -4.12. The number of nitro benzene ring substituents is 1. The third-order valence-electron chi connectivity index (χ3n) is 4.17. The van der Waals surface area contributed by atoms with E-state index in [2.05, 4.69) is 15.2 Å². The first-order valence-corrected chi connectivity index (χ1v) is 11.1. The zero-order valence-corrected chi connectivity index (χ0v) is 18.8. The van der Waals surface area contributed by atoms with Crippen molar-refractivity contribution in [2.24, 2.45) is 5.10 Å². The quantitative estimate of drug-likeness (QED) is 0.253. The van der Waals surface area contributed by atoms with E-state index in [1.54, 1.807) is 36.4 Å². The molecule has 0 atom stereocenters. The van der Waals surface area contributed by atoms with Crippen molar-refractivity contribution in [3.8, 4) is 5.75 Å². The van der Waals surface area contributed by atoms with Gasteiger partial charge >= 0.3 is 0 Å². The fraction of sp³-hybridized carbons (Fsp3) is 0.0500. The summed E-state index contributed by atoms with van der Waals surface area (Å²) in [6, 6.07) is 14.6. The summed E-state index contributed by atoms with van der Waals surface area (Å²) in [5, 5.41) is 16.2. The van der Waals surface area contributed by atoms with Gasteiger partial charge in [-0.3, -0.25) is 20.3 Å². The average molecular weight is 495 g/mol. The first-order chi connectivity index (χ1) is 15.2. The van der Waals surface area contributed by atoms with Gasteiger partial charge in [-0.05, 0) is 42.0 Å².